The molecule has 0 fully saturated rings. The molecular formula is C15H17ClN4O. The van der Waals surface area contributed by atoms with Crippen molar-refractivity contribution < 1.29 is 4.74 Å². The van der Waals surface area contributed by atoms with E-state index in [1.54, 1.807) is 11.8 Å². The van der Waals surface area contributed by atoms with Crippen LogP contribution in [0.5, 0.6) is 5.75 Å². The van der Waals surface area contributed by atoms with Crippen molar-refractivity contribution >= 4 is 22.6 Å². The molecule has 1 aromatic carbocycles. The standard InChI is InChI=1S/C15H17ClN4O/c1-19-8-6-11(18-19)10-20-14-4-3-12(21-2)9-13(14)17-15(20)5-7-16/h3-4,6,8-9H,5,7,10H2,1-2H3. The smallest absolute Gasteiger partial charge is 0.121 e. The lowest BCUT2D eigenvalue weighted by Gasteiger charge is -2.07. The number of aromatic nitrogens is 4. The zero-order valence-electron chi connectivity index (χ0n) is 12.1. The maximum Gasteiger partial charge on any atom is 0.121 e. The van der Waals surface area contributed by atoms with E-state index in [0.29, 0.717) is 12.4 Å². The molecular weight excluding hydrogens is 288 g/mol. The van der Waals surface area contributed by atoms with E-state index in [1.165, 1.54) is 0 Å². The normalized spacial score (nSPS) is 11.2. The molecule has 2 heterocycles. The largest absolute Gasteiger partial charge is 0.497 e. The van der Waals surface area contributed by atoms with Crippen molar-refractivity contribution in [3.8, 4) is 5.75 Å². The average Bonchev–Trinajstić information content (AvgIpc) is 3.04. The van der Waals surface area contributed by atoms with Gasteiger partial charge in [0.15, 0.2) is 0 Å². The summed E-state index contributed by atoms with van der Waals surface area (Å²) in [6.45, 7) is 0.690. The van der Waals surface area contributed by atoms with Crippen LogP contribution in [0, 0.1) is 0 Å². The number of ether oxygens (including phenoxy) is 1. The molecule has 0 saturated carbocycles. The van der Waals surface area contributed by atoms with Crippen LogP contribution in [-0.4, -0.2) is 32.3 Å². The quantitative estimate of drug-likeness (QED) is 0.681. The molecule has 110 valence electrons. The lowest BCUT2D eigenvalue weighted by molar-refractivity contribution is 0.415. The maximum atomic E-state index is 5.90. The molecule has 0 aliphatic heterocycles. The molecule has 0 N–H and O–H groups in total. The molecule has 6 heteroatoms. The number of halogens is 1. The van der Waals surface area contributed by atoms with Gasteiger partial charge in [-0.05, 0) is 18.2 Å². The van der Waals surface area contributed by atoms with Gasteiger partial charge in [-0.1, -0.05) is 0 Å². The second-order valence-corrected chi connectivity index (χ2v) is 5.27. The number of aryl methyl sites for hydroxylation is 2. The highest BCUT2D eigenvalue weighted by molar-refractivity contribution is 6.17. The molecule has 5 nitrogen and oxygen atoms in total. The van der Waals surface area contributed by atoms with Crippen LogP contribution >= 0.6 is 11.6 Å². The molecule has 0 aliphatic rings. The van der Waals surface area contributed by atoms with Gasteiger partial charge in [-0.3, -0.25) is 4.68 Å². The number of alkyl halides is 1. The van der Waals surface area contributed by atoms with Gasteiger partial charge in [0.2, 0.25) is 0 Å². The number of rotatable bonds is 5. The first-order valence-corrected chi connectivity index (χ1v) is 7.32. The monoisotopic (exact) mass is 304 g/mol. The summed E-state index contributed by atoms with van der Waals surface area (Å²) in [7, 11) is 3.58. The third kappa shape index (κ3) is 2.74. The molecule has 2 aromatic heterocycles. The first-order chi connectivity index (χ1) is 10.2. The summed E-state index contributed by atoms with van der Waals surface area (Å²) in [4.78, 5) is 4.68. The van der Waals surface area contributed by atoms with Crippen molar-refractivity contribution in [3.63, 3.8) is 0 Å². The van der Waals surface area contributed by atoms with E-state index >= 15 is 0 Å². The zero-order valence-corrected chi connectivity index (χ0v) is 12.8. The molecule has 0 bridgehead atoms. The first-order valence-electron chi connectivity index (χ1n) is 6.79. The van der Waals surface area contributed by atoms with E-state index in [1.807, 2.05) is 37.5 Å². The van der Waals surface area contributed by atoms with Gasteiger partial charge in [-0.25, -0.2) is 4.98 Å². The third-order valence-corrected chi connectivity index (χ3v) is 3.63. The molecule has 21 heavy (non-hydrogen) atoms. The van der Waals surface area contributed by atoms with Gasteiger partial charge < -0.3 is 9.30 Å². The van der Waals surface area contributed by atoms with Crippen LogP contribution in [0.2, 0.25) is 0 Å². The Morgan fingerprint density at radius 2 is 2.14 bits per heavy atom. The number of hydrogen-bond acceptors (Lipinski definition) is 3. The molecule has 0 radical (unpaired) electrons. The van der Waals surface area contributed by atoms with Crippen molar-refractivity contribution in [1.29, 1.82) is 0 Å². The van der Waals surface area contributed by atoms with E-state index in [2.05, 4.69) is 14.6 Å². The molecule has 0 atom stereocenters. The van der Waals surface area contributed by atoms with Crippen LogP contribution in [-0.2, 0) is 20.0 Å². The van der Waals surface area contributed by atoms with Crippen molar-refractivity contribution in [2.45, 2.75) is 13.0 Å². The number of hydrogen-bond donors (Lipinski definition) is 0. The second-order valence-electron chi connectivity index (χ2n) is 4.89. The summed E-state index contributed by atoms with van der Waals surface area (Å²) in [5.74, 6) is 2.32. The SMILES string of the molecule is COc1ccc2c(c1)nc(CCCl)n2Cc1ccn(C)n1. The fraction of sp³-hybridized carbons (Fsp3) is 0.333. The summed E-state index contributed by atoms with van der Waals surface area (Å²) in [5.41, 5.74) is 3.00. The van der Waals surface area contributed by atoms with Crippen molar-refractivity contribution in [2.75, 3.05) is 13.0 Å². The second kappa shape index (κ2) is 5.77. The Hall–Kier alpha value is -2.01. The molecule has 0 amide bonds. The van der Waals surface area contributed by atoms with Gasteiger partial charge in [-0.2, -0.15) is 5.10 Å². The van der Waals surface area contributed by atoms with E-state index in [4.69, 9.17) is 16.3 Å². The summed E-state index contributed by atoms with van der Waals surface area (Å²) >= 11 is 5.90. The van der Waals surface area contributed by atoms with Gasteiger partial charge in [0, 0.05) is 31.6 Å². The van der Waals surface area contributed by atoms with Gasteiger partial charge in [-0.15, -0.1) is 11.6 Å². The topological polar surface area (TPSA) is 44.9 Å². The average molecular weight is 305 g/mol. The van der Waals surface area contributed by atoms with Crippen LogP contribution in [0.25, 0.3) is 11.0 Å². The Labute approximate surface area is 128 Å². The number of fused-ring (bicyclic) bond motifs is 1. The minimum Gasteiger partial charge on any atom is -0.497 e. The van der Waals surface area contributed by atoms with Crippen LogP contribution in [0.4, 0.5) is 0 Å². The highest BCUT2D eigenvalue weighted by atomic mass is 35.5. The Balaban J connectivity index is 2.06. The minimum absolute atomic E-state index is 0.544. The summed E-state index contributed by atoms with van der Waals surface area (Å²) in [6.07, 6.45) is 2.67. The number of benzene rings is 1. The lowest BCUT2D eigenvalue weighted by Crippen LogP contribution is -2.07. The lowest BCUT2D eigenvalue weighted by atomic mass is 10.3. The van der Waals surface area contributed by atoms with E-state index < -0.39 is 0 Å². The fourth-order valence-electron chi connectivity index (χ4n) is 2.45. The molecule has 0 saturated heterocycles. The van der Waals surface area contributed by atoms with E-state index in [0.717, 1.165) is 34.7 Å². The summed E-state index contributed by atoms with van der Waals surface area (Å²) in [6, 6.07) is 7.94. The minimum atomic E-state index is 0.544. The highest BCUT2D eigenvalue weighted by Crippen LogP contribution is 2.23. The van der Waals surface area contributed by atoms with E-state index in [-0.39, 0.29) is 0 Å². The van der Waals surface area contributed by atoms with Crippen molar-refractivity contribution in [3.05, 3.63) is 42.0 Å². The molecule has 0 unspecified atom stereocenters. The van der Waals surface area contributed by atoms with Crippen LogP contribution < -0.4 is 4.74 Å². The number of methoxy groups -OCH3 is 1. The van der Waals surface area contributed by atoms with E-state index in [9.17, 15) is 0 Å². The predicted octanol–water partition coefficient (Wildman–Crippen LogP) is 2.61. The fourth-order valence-corrected chi connectivity index (χ4v) is 2.62. The molecule has 3 rings (SSSR count). The Morgan fingerprint density at radius 3 is 2.81 bits per heavy atom. The predicted molar refractivity (Wildman–Crippen MR) is 83.0 cm³/mol. The molecule has 0 spiro atoms. The Bertz CT molecular complexity index is 762. The van der Waals surface area contributed by atoms with Crippen molar-refractivity contribution in [1.82, 2.24) is 19.3 Å². The highest BCUT2D eigenvalue weighted by Gasteiger charge is 2.12. The Morgan fingerprint density at radius 1 is 1.29 bits per heavy atom. The van der Waals surface area contributed by atoms with Crippen LogP contribution in [0.15, 0.2) is 30.5 Å². The van der Waals surface area contributed by atoms with Gasteiger partial charge in [0.1, 0.15) is 11.6 Å². The summed E-state index contributed by atoms with van der Waals surface area (Å²) in [5, 5.41) is 4.44. The maximum absolute atomic E-state index is 5.90. The number of nitrogens with zero attached hydrogens (tertiary/aromatic N) is 4. The third-order valence-electron chi connectivity index (χ3n) is 3.44. The van der Waals surface area contributed by atoms with Crippen LogP contribution in [0.1, 0.15) is 11.5 Å². The first kappa shape index (κ1) is 13.9. The summed E-state index contributed by atoms with van der Waals surface area (Å²) < 4.78 is 9.23. The molecule has 3 aromatic rings. The van der Waals surface area contributed by atoms with Gasteiger partial charge >= 0.3 is 0 Å². The number of imidazole rings is 1. The molecule has 0 aliphatic carbocycles. The zero-order chi connectivity index (χ0) is 14.8. The van der Waals surface area contributed by atoms with Crippen LogP contribution in [0.3, 0.4) is 0 Å². The Kier molecular flexibility index (Phi) is 3.84. The van der Waals surface area contributed by atoms with Gasteiger partial charge in [0.05, 0.1) is 30.4 Å². The van der Waals surface area contributed by atoms with Crippen molar-refractivity contribution in [2.24, 2.45) is 7.05 Å². The van der Waals surface area contributed by atoms with Gasteiger partial charge in [0.25, 0.3) is 0 Å².